The van der Waals surface area contributed by atoms with Gasteiger partial charge in [0.1, 0.15) is 11.2 Å². The zero-order chi connectivity index (χ0) is 17.3. The van der Waals surface area contributed by atoms with Gasteiger partial charge in [0, 0.05) is 11.9 Å². The van der Waals surface area contributed by atoms with Gasteiger partial charge in [-0.1, -0.05) is 12.1 Å². The fraction of sp³-hybridized carbons (Fsp3) is 0.0625. The van der Waals surface area contributed by atoms with Crippen molar-refractivity contribution < 1.29 is 9.85 Å². The molecule has 0 radical (unpaired) electrons. The van der Waals surface area contributed by atoms with E-state index in [9.17, 15) is 20.2 Å². The first-order chi connectivity index (χ1) is 11.5. The lowest BCUT2D eigenvalue weighted by Crippen LogP contribution is -2.02. The minimum atomic E-state index is -0.654. The molecule has 0 unspecified atom stereocenters. The van der Waals surface area contributed by atoms with Gasteiger partial charge >= 0.3 is 5.69 Å². The lowest BCUT2D eigenvalue weighted by atomic mass is 10.1. The number of hydrogen-bond donors (Lipinski definition) is 1. The average molecular weight is 324 g/mol. The summed E-state index contributed by atoms with van der Waals surface area (Å²) in [6.07, 6.45) is 1.44. The number of aromatic nitrogens is 1. The molecule has 0 aliphatic heterocycles. The summed E-state index contributed by atoms with van der Waals surface area (Å²) < 4.78 is 0. The predicted molar refractivity (Wildman–Crippen MR) is 89.5 cm³/mol. The molecule has 0 aliphatic carbocycles. The molecule has 0 amide bonds. The minimum absolute atomic E-state index is 0.131. The number of nitrogens with one attached hydrogen (secondary N) is 1. The molecule has 120 valence electrons. The number of benzene rings is 2. The van der Waals surface area contributed by atoms with Crippen LogP contribution in [-0.2, 0) is 0 Å². The van der Waals surface area contributed by atoms with Crippen LogP contribution in [0, 0.1) is 27.2 Å². The Hall–Kier alpha value is -3.55. The molecule has 1 heterocycles. The number of aryl methyl sites for hydroxylation is 1. The quantitative estimate of drug-likeness (QED) is 0.571. The third-order valence-corrected chi connectivity index (χ3v) is 3.53. The third kappa shape index (κ3) is 2.72. The molecule has 0 saturated carbocycles. The van der Waals surface area contributed by atoms with Gasteiger partial charge in [0.05, 0.1) is 21.3 Å². The molecule has 0 atom stereocenters. The molecule has 3 aromatic rings. The standard InChI is InChI=1S/C16H12N4O4/c1-10-4-2-5-11(8-10)18-16-14(20(23)24)9-13(19(21)22)12-6-3-7-17-15(12)16/h2-9,18H,1H3. The highest BCUT2D eigenvalue weighted by Crippen LogP contribution is 2.39. The Morgan fingerprint density at radius 1 is 1.00 bits per heavy atom. The smallest absolute Gasteiger partial charge is 0.301 e. The molecule has 1 aromatic heterocycles. The van der Waals surface area contributed by atoms with Crippen LogP contribution in [0.1, 0.15) is 5.56 Å². The maximum absolute atomic E-state index is 11.4. The molecule has 0 aliphatic rings. The number of nitro groups is 2. The van der Waals surface area contributed by atoms with Gasteiger partial charge in [0.25, 0.3) is 5.69 Å². The summed E-state index contributed by atoms with van der Waals surface area (Å²) in [7, 11) is 0. The maximum atomic E-state index is 11.4. The lowest BCUT2D eigenvalue weighted by molar-refractivity contribution is -0.392. The zero-order valence-corrected chi connectivity index (χ0v) is 12.6. The highest BCUT2D eigenvalue weighted by atomic mass is 16.6. The topological polar surface area (TPSA) is 111 Å². The summed E-state index contributed by atoms with van der Waals surface area (Å²) in [5.41, 5.74) is 1.18. The second-order valence-electron chi connectivity index (χ2n) is 5.20. The van der Waals surface area contributed by atoms with Crippen molar-refractivity contribution in [2.45, 2.75) is 6.92 Å². The first kappa shape index (κ1) is 15.3. The van der Waals surface area contributed by atoms with Crippen LogP contribution in [-0.4, -0.2) is 14.8 Å². The summed E-state index contributed by atoms with van der Waals surface area (Å²) in [5.74, 6) is 0. The molecule has 24 heavy (non-hydrogen) atoms. The monoisotopic (exact) mass is 324 g/mol. The zero-order valence-electron chi connectivity index (χ0n) is 12.6. The van der Waals surface area contributed by atoms with E-state index in [0.717, 1.165) is 11.6 Å². The summed E-state index contributed by atoms with van der Waals surface area (Å²) in [6.45, 7) is 1.89. The number of non-ortho nitro benzene ring substituents is 1. The van der Waals surface area contributed by atoms with Gasteiger partial charge in [0.15, 0.2) is 0 Å². The van der Waals surface area contributed by atoms with Crippen LogP contribution in [0.3, 0.4) is 0 Å². The fourth-order valence-corrected chi connectivity index (χ4v) is 2.50. The largest absolute Gasteiger partial charge is 0.348 e. The first-order valence-corrected chi connectivity index (χ1v) is 7.01. The van der Waals surface area contributed by atoms with E-state index in [-0.39, 0.29) is 22.3 Å². The van der Waals surface area contributed by atoms with Crippen molar-refractivity contribution in [3.05, 3.63) is 74.5 Å². The SMILES string of the molecule is Cc1cccc(Nc2c([N+](=O)[O-])cc([N+](=O)[O-])c3cccnc23)c1. The number of hydrogen-bond acceptors (Lipinski definition) is 6. The van der Waals surface area contributed by atoms with Crippen LogP contribution >= 0.6 is 0 Å². The number of pyridine rings is 1. The summed E-state index contributed by atoms with van der Waals surface area (Å²) in [6, 6.07) is 11.3. The molecular weight excluding hydrogens is 312 g/mol. The van der Waals surface area contributed by atoms with E-state index in [1.165, 1.54) is 12.3 Å². The number of nitro benzene ring substituents is 2. The number of anilines is 2. The van der Waals surface area contributed by atoms with Gasteiger partial charge in [0.2, 0.25) is 0 Å². The van der Waals surface area contributed by atoms with E-state index >= 15 is 0 Å². The van der Waals surface area contributed by atoms with Gasteiger partial charge in [-0.2, -0.15) is 0 Å². The Bertz CT molecular complexity index is 971. The Morgan fingerprint density at radius 3 is 2.42 bits per heavy atom. The van der Waals surface area contributed by atoms with E-state index in [2.05, 4.69) is 10.3 Å². The molecule has 8 nitrogen and oxygen atoms in total. The number of nitrogens with zero attached hydrogens (tertiary/aromatic N) is 3. The molecule has 0 spiro atoms. The van der Waals surface area contributed by atoms with Gasteiger partial charge in [-0.05, 0) is 36.8 Å². The second kappa shape index (κ2) is 5.92. The summed E-state index contributed by atoms with van der Waals surface area (Å²) in [5, 5.41) is 25.9. The number of rotatable bonds is 4. The Balaban J connectivity index is 2.29. The van der Waals surface area contributed by atoms with Crippen molar-refractivity contribution in [2.24, 2.45) is 0 Å². The highest BCUT2D eigenvalue weighted by molar-refractivity contribution is 6.02. The molecule has 8 heteroatoms. The van der Waals surface area contributed by atoms with Crippen molar-refractivity contribution in [1.82, 2.24) is 4.98 Å². The van der Waals surface area contributed by atoms with E-state index in [4.69, 9.17) is 0 Å². The van der Waals surface area contributed by atoms with Crippen LogP contribution in [0.2, 0.25) is 0 Å². The van der Waals surface area contributed by atoms with Crippen LogP contribution in [0.4, 0.5) is 22.7 Å². The summed E-state index contributed by atoms with van der Waals surface area (Å²) in [4.78, 5) is 25.5. The molecule has 0 saturated heterocycles. The first-order valence-electron chi connectivity index (χ1n) is 7.01. The molecule has 2 aromatic carbocycles. The second-order valence-corrected chi connectivity index (χ2v) is 5.20. The van der Waals surface area contributed by atoms with Crippen molar-refractivity contribution in [1.29, 1.82) is 0 Å². The molecule has 3 rings (SSSR count). The Morgan fingerprint density at radius 2 is 1.75 bits per heavy atom. The van der Waals surface area contributed by atoms with Crippen molar-refractivity contribution in [3.63, 3.8) is 0 Å². The van der Waals surface area contributed by atoms with Gasteiger partial charge in [-0.3, -0.25) is 25.2 Å². The van der Waals surface area contributed by atoms with Crippen molar-refractivity contribution in [2.75, 3.05) is 5.32 Å². The molecular formula is C16H12N4O4. The number of fused-ring (bicyclic) bond motifs is 1. The van der Waals surface area contributed by atoms with Gasteiger partial charge in [-0.15, -0.1) is 0 Å². The molecule has 0 bridgehead atoms. The van der Waals surface area contributed by atoms with Gasteiger partial charge in [-0.25, -0.2) is 0 Å². The Labute approximate surface area is 136 Å². The molecule has 1 N–H and O–H groups in total. The minimum Gasteiger partial charge on any atom is -0.348 e. The fourth-order valence-electron chi connectivity index (χ4n) is 2.50. The van der Waals surface area contributed by atoms with E-state index < -0.39 is 15.5 Å². The van der Waals surface area contributed by atoms with Crippen molar-refractivity contribution in [3.8, 4) is 0 Å². The van der Waals surface area contributed by atoms with Crippen LogP contribution in [0.15, 0.2) is 48.7 Å². The average Bonchev–Trinajstić information content (AvgIpc) is 2.54. The predicted octanol–water partition coefficient (Wildman–Crippen LogP) is 4.10. The van der Waals surface area contributed by atoms with E-state index in [1.807, 2.05) is 25.1 Å². The highest BCUT2D eigenvalue weighted by Gasteiger charge is 2.26. The summed E-state index contributed by atoms with van der Waals surface area (Å²) >= 11 is 0. The Kier molecular flexibility index (Phi) is 3.78. The molecule has 0 fully saturated rings. The van der Waals surface area contributed by atoms with Crippen LogP contribution in [0.5, 0.6) is 0 Å². The van der Waals surface area contributed by atoms with Crippen molar-refractivity contribution >= 4 is 33.7 Å². The van der Waals surface area contributed by atoms with E-state index in [0.29, 0.717) is 5.69 Å². The van der Waals surface area contributed by atoms with Crippen LogP contribution in [0.25, 0.3) is 10.9 Å². The van der Waals surface area contributed by atoms with Gasteiger partial charge < -0.3 is 5.32 Å². The van der Waals surface area contributed by atoms with E-state index in [1.54, 1.807) is 12.1 Å². The third-order valence-electron chi connectivity index (χ3n) is 3.53. The maximum Gasteiger partial charge on any atom is 0.301 e. The lowest BCUT2D eigenvalue weighted by Gasteiger charge is -2.10. The van der Waals surface area contributed by atoms with Crippen LogP contribution < -0.4 is 5.32 Å². The normalized spacial score (nSPS) is 10.5.